The van der Waals surface area contributed by atoms with Gasteiger partial charge in [0.05, 0.1) is 19.1 Å². The number of aliphatic hydroxyl groups excluding tert-OH is 1. The minimum absolute atomic E-state index is 0.0584. The average molecular weight is 357 g/mol. The molecule has 0 bridgehead atoms. The normalized spacial score (nSPS) is 11.9. The van der Waals surface area contributed by atoms with Crippen LogP contribution in [0.15, 0.2) is 61.1 Å². The number of anilines is 1. The van der Waals surface area contributed by atoms with E-state index in [-0.39, 0.29) is 12.3 Å². The predicted octanol–water partition coefficient (Wildman–Crippen LogP) is 3.04. The van der Waals surface area contributed by atoms with E-state index in [1.807, 2.05) is 12.1 Å². The van der Waals surface area contributed by atoms with Crippen LogP contribution in [0.2, 0.25) is 5.02 Å². The Bertz CT molecular complexity index is 834. The van der Waals surface area contributed by atoms with Crippen LogP contribution in [-0.4, -0.2) is 25.8 Å². The second-order valence-electron chi connectivity index (χ2n) is 5.58. The molecule has 1 atom stereocenters. The number of pyridine rings is 1. The minimum Gasteiger partial charge on any atom is -0.388 e. The van der Waals surface area contributed by atoms with Gasteiger partial charge in [-0.2, -0.15) is 5.10 Å². The molecule has 3 aromatic rings. The largest absolute Gasteiger partial charge is 0.388 e. The molecular formula is C18H17ClN4O2. The first kappa shape index (κ1) is 17.1. The summed E-state index contributed by atoms with van der Waals surface area (Å²) in [6, 6.07) is 12.3. The monoisotopic (exact) mass is 356 g/mol. The summed E-state index contributed by atoms with van der Waals surface area (Å²) in [4.78, 5) is 16.1. The average Bonchev–Trinajstić information content (AvgIpc) is 3.03. The van der Waals surface area contributed by atoms with Crippen molar-refractivity contribution in [2.24, 2.45) is 0 Å². The Hall–Kier alpha value is -2.70. The quantitative estimate of drug-likeness (QED) is 0.711. The molecule has 0 aliphatic rings. The molecule has 0 aliphatic carbocycles. The first-order valence-corrected chi connectivity index (χ1v) is 8.14. The molecule has 128 valence electrons. The molecule has 1 amide bonds. The standard InChI is InChI=1S/C18H17ClN4O2/c19-15-5-3-14(4-6-15)16(24)10-18(25)21-17-7-9-23(22-17)12-13-2-1-8-20-11-13/h1-9,11,16,24H,10,12H2,(H,21,22,25). The van der Waals surface area contributed by atoms with Crippen molar-refractivity contribution in [3.63, 3.8) is 0 Å². The Balaban J connectivity index is 1.55. The van der Waals surface area contributed by atoms with Crippen molar-refractivity contribution in [1.29, 1.82) is 0 Å². The van der Waals surface area contributed by atoms with Crippen molar-refractivity contribution in [3.8, 4) is 0 Å². The fourth-order valence-corrected chi connectivity index (χ4v) is 2.49. The van der Waals surface area contributed by atoms with E-state index in [0.29, 0.717) is 22.9 Å². The summed E-state index contributed by atoms with van der Waals surface area (Å²) in [6.07, 6.45) is 4.30. The van der Waals surface area contributed by atoms with E-state index in [1.165, 1.54) is 0 Å². The van der Waals surface area contributed by atoms with Gasteiger partial charge in [0.25, 0.3) is 0 Å². The van der Waals surface area contributed by atoms with Crippen molar-refractivity contribution in [2.75, 3.05) is 5.32 Å². The van der Waals surface area contributed by atoms with E-state index >= 15 is 0 Å². The highest BCUT2D eigenvalue weighted by molar-refractivity contribution is 6.30. The zero-order chi connectivity index (χ0) is 17.6. The number of amides is 1. The Morgan fingerprint density at radius 3 is 2.76 bits per heavy atom. The molecule has 2 N–H and O–H groups in total. The summed E-state index contributed by atoms with van der Waals surface area (Å²) in [5, 5.41) is 17.7. The summed E-state index contributed by atoms with van der Waals surface area (Å²) in [5.74, 6) is 0.131. The van der Waals surface area contributed by atoms with Crippen molar-refractivity contribution >= 4 is 23.3 Å². The summed E-state index contributed by atoms with van der Waals surface area (Å²) in [7, 11) is 0. The van der Waals surface area contributed by atoms with Gasteiger partial charge >= 0.3 is 0 Å². The molecule has 25 heavy (non-hydrogen) atoms. The fraction of sp³-hybridized carbons (Fsp3) is 0.167. The fourth-order valence-electron chi connectivity index (χ4n) is 2.37. The van der Waals surface area contributed by atoms with Crippen molar-refractivity contribution in [3.05, 3.63) is 77.2 Å². The van der Waals surface area contributed by atoms with Crippen LogP contribution in [-0.2, 0) is 11.3 Å². The lowest BCUT2D eigenvalue weighted by atomic mass is 10.1. The van der Waals surface area contributed by atoms with E-state index in [0.717, 1.165) is 5.56 Å². The number of aromatic nitrogens is 3. The molecule has 0 saturated carbocycles. The van der Waals surface area contributed by atoms with Crippen LogP contribution < -0.4 is 5.32 Å². The lowest BCUT2D eigenvalue weighted by Crippen LogP contribution is -2.16. The van der Waals surface area contributed by atoms with Crippen LogP contribution in [0.1, 0.15) is 23.7 Å². The van der Waals surface area contributed by atoms with Crippen molar-refractivity contribution in [1.82, 2.24) is 14.8 Å². The molecule has 1 aromatic carbocycles. The summed E-state index contributed by atoms with van der Waals surface area (Å²) in [5.41, 5.74) is 1.66. The molecule has 0 saturated heterocycles. The van der Waals surface area contributed by atoms with Gasteiger partial charge in [0, 0.05) is 29.7 Å². The van der Waals surface area contributed by atoms with Gasteiger partial charge in [-0.15, -0.1) is 0 Å². The maximum atomic E-state index is 12.1. The Morgan fingerprint density at radius 2 is 2.04 bits per heavy atom. The smallest absolute Gasteiger partial charge is 0.228 e. The molecule has 0 radical (unpaired) electrons. The number of halogens is 1. The van der Waals surface area contributed by atoms with E-state index in [4.69, 9.17) is 11.6 Å². The number of hydrogen-bond donors (Lipinski definition) is 2. The molecule has 3 rings (SSSR count). The summed E-state index contributed by atoms with van der Waals surface area (Å²) < 4.78 is 1.71. The number of nitrogens with zero attached hydrogens (tertiary/aromatic N) is 3. The van der Waals surface area contributed by atoms with E-state index in [1.54, 1.807) is 53.6 Å². The zero-order valence-corrected chi connectivity index (χ0v) is 14.1. The number of rotatable bonds is 6. The number of carbonyl (C=O) groups excluding carboxylic acids is 1. The first-order chi connectivity index (χ1) is 12.1. The minimum atomic E-state index is -0.894. The molecule has 2 aromatic heterocycles. The molecule has 1 unspecified atom stereocenters. The lowest BCUT2D eigenvalue weighted by molar-refractivity contribution is -0.118. The maximum Gasteiger partial charge on any atom is 0.228 e. The molecule has 7 heteroatoms. The number of hydrogen-bond acceptors (Lipinski definition) is 4. The van der Waals surface area contributed by atoms with Crippen LogP contribution in [0.3, 0.4) is 0 Å². The van der Waals surface area contributed by atoms with Gasteiger partial charge in [0.2, 0.25) is 5.91 Å². The molecule has 0 spiro atoms. The van der Waals surface area contributed by atoms with Gasteiger partial charge in [-0.1, -0.05) is 29.8 Å². The number of benzene rings is 1. The van der Waals surface area contributed by atoms with Crippen molar-refractivity contribution < 1.29 is 9.90 Å². The Kier molecular flexibility index (Phi) is 5.42. The molecule has 6 nitrogen and oxygen atoms in total. The van der Waals surface area contributed by atoms with Crippen molar-refractivity contribution in [2.45, 2.75) is 19.1 Å². The topological polar surface area (TPSA) is 80.0 Å². The van der Waals surface area contributed by atoms with E-state index < -0.39 is 6.10 Å². The molecule has 0 aliphatic heterocycles. The first-order valence-electron chi connectivity index (χ1n) is 7.76. The number of carbonyl (C=O) groups is 1. The second-order valence-corrected chi connectivity index (χ2v) is 6.02. The third kappa shape index (κ3) is 4.89. The maximum absolute atomic E-state index is 12.1. The van der Waals surface area contributed by atoms with Gasteiger partial charge in [0.1, 0.15) is 0 Å². The lowest BCUT2D eigenvalue weighted by Gasteiger charge is -2.10. The second kappa shape index (κ2) is 7.92. The molecule has 2 heterocycles. The van der Waals surface area contributed by atoms with E-state index in [9.17, 15) is 9.90 Å². The van der Waals surface area contributed by atoms with Gasteiger partial charge < -0.3 is 10.4 Å². The van der Waals surface area contributed by atoms with Crippen LogP contribution in [0.5, 0.6) is 0 Å². The highest BCUT2D eigenvalue weighted by Crippen LogP contribution is 2.19. The third-order valence-corrected chi connectivity index (χ3v) is 3.86. The highest BCUT2D eigenvalue weighted by atomic mass is 35.5. The van der Waals surface area contributed by atoms with Gasteiger partial charge in [-0.3, -0.25) is 14.5 Å². The van der Waals surface area contributed by atoms with Crippen LogP contribution in [0.4, 0.5) is 5.82 Å². The zero-order valence-electron chi connectivity index (χ0n) is 13.3. The van der Waals surface area contributed by atoms with E-state index in [2.05, 4.69) is 15.4 Å². The van der Waals surface area contributed by atoms with Crippen LogP contribution in [0.25, 0.3) is 0 Å². The third-order valence-electron chi connectivity index (χ3n) is 3.61. The molecular weight excluding hydrogens is 340 g/mol. The number of nitrogens with one attached hydrogen (secondary N) is 1. The SMILES string of the molecule is O=C(CC(O)c1ccc(Cl)cc1)Nc1ccn(Cc2cccnc2)n1. The summed E-state index contributed by atoms with van der Waals surface area (Å²) >= 11 is 5.81. The Morgan fingerprint density at radius 1 is 1.24 bits per heavy atom. The van der Waals surface area contributed by atoms with Crippen LogP contribution in [0, 0.1) is 0 Å². The highest BCUT2D eigenvalue weighted by Gasteiger charge is 2.14. The van der Waals surface area contributed by atoms with Gasteiger partial charge in [0.15, 0.2) is 5.82 Å². The Labute approximate surface area is 150 Å². The van der Waals surface area contributed by atoms with Gasteiger partial charge in [-0.05, 0) is 29.3 Å². The predicted molar refractivity (Wildman–Crippen MR) is 95.2 cm³/mol. The number of aliphatic hydroxyl groups is 1. The van der Waals surface area contributed by atoms with Crippen LogP contribution >= 0.6 is 11.6 Å². The molecule has 0 fully saturated rings. The van der Waals surface area contributed by atoms with Gasteiger partial charge in [-0.25, -0.2) is 0 Å². The summed E-state index contributed by atoms with van der Waals surface area (Å²) in [6.45, 7) is 0.567.